The topological polar surface area (TPSA) is 44.9 Å². The van der Waals surface area contributed by atoms with Gasteiger partial charge >= 0.3 is 0 Å². The molecule has 0 fully saturated rings. The van der Waals surface area contributed by atoms with Crippen molar-refractivity contribution < 1.29 is 0 Å². The summed E-state index contributed by atoms with van der Waals surface area (Å²) in [4.78, 5) is 7.03. The first-order valence-electron chi connectivity index (χ1n) is 9.98. The maximum atomic E-state index is 9.16. The molecule has 4 nitrogen and oxygen atoms in total. The van der Waals surface area contributed by atoms with E-state index in [1.807, 2.05) is 30.6 Å². The molecule has 0 saturated carbocycles. The molecule has 5 rings (SSSR count). The summed E-state index contributed by atoms with van der Waals surface area (Å²) in [6.07, 6.45) is 2.88. The van der Waals surface area contributed by atoms with Crippen LogP contribution in [-0.2, 0) is 19.5 Å². The summed E-state index contributed by atoms with van der Waals surface area (Å²) in [6.45, 7) is 4.09. The second-order valence-corrected chi connectivity index (χ2v) is 7.83. The summed E-state index contributed by atoms with van der Waals surface area (Å²) in [5.74, 6) is 0. The molecule has 1 aliphatic heterocycles. The van der Waals surface area contributed by atoms with Gasteiger partial charge in [0.25, 0.3) is 0 Å². The maximum absolute atomic E-state index is 9.16. The molecular formula is C25H22N4. The lowest BCUT2D eigenvalue weighted by atomic mass is 9.93. The first-order chi connectivity index (χ1) is 14.2. The molecule has 0 aliphatic carbocycles. The fourth-order valence-corrected chi connectivity index (χ4v) is 4.28. The normalized spacial score (nSPS) is 16.5. The second-order valence-electron chi connectivity index (χ2n) is 7.83. The SMILES string of the molecule is C[C@H]1Cc2cc(C#N)ccc2CN1Cc1cccc(-n2cnc3ccccc32)c1. The molecule has 4 heteroatoms. The molecule has 2 heterocycles. The van der Waals surface area contributed by atoms with Crippen LogP contribution >= 0.6 is 0 Å². The number of imidazole rings is 1. The second kappa shape index (κ2) is 7.20. The van der Waals surface area contributed by atoms with Crippen molar-refractivity contribution in [1.82, 2.24) is 14.5 Å². The van der Waals surface area contributed by atoms with Gasteiger partial charge in [-0.1, -0.05) is 30.3 Å². The smallest absolute Gasteiger partial charge is 0.100 e. The highest BCUT2D eigenvalue weighted by molar-refractivity contribution is 5.77. The van der Waals surface area contributed by atoms with Crippen molar-refractivity contribution in [2.75, 3.05) is 0 Å². The summed E-state index contributed by atoms with van der Waals surface area (Å²) in [5, 5.41) is 9.16. The van der Waals surface area contributed by atoms with E-state index in [1.165, 1.54) is 16.7 Å². The largest absolute Gasteiger partial charge is 0.299 e. The van der Waals surface area contributed by atoms with Crippen LogP contribution in [0, 0.1) is 11.3 Å². The van der Waals surface area contributed by atoms with Gasteiger partial charge in [-0.3, -0.25) is 9.47 Å². The Bertz CT molecular complexity index is 1230. The Morgan fingerprint density at radius 2 is 1.93 bits per heavy atom. The fourth-order valence-electron chi connectivity index (χ4n) is 4.28. The average molecular weight is 378 g/mol. The lowest BCUT2D eigenvalue weighted by molar-refractivity contribution is 0.175. The van der Waals surface area contributed by atoms with E-state index < -0.39 is 0 Å². The van der Waals surface area contributed by atoms with Crippen LogP contribution in [0.5, 0.6) is 0 Å². The van der Waals surface area contributed by atoms with Crippen LogP contribution in [0.25, 0.3) is 16.7 Å². The number of benzene rings is 3. The van der Waals surface area contributed by atoms with Crippen LogP contribution < -0.4 is 0 Å². The van der Waals surface area contributed by atoms with E-state index in [9.17, 15) is 0 Å². The van der Waals surface area contributed by atoms with E-state index in [0.29, 0.717) is 6.04 Å². The minimum atomic E-state index is 0.439. The molecule has 1 atom stereocenters. The van der Waals surface area contributed by atoms with Gasteiger partial charge in [-0.25, -0.2) is 4.98 Å². The Morgan fingerprint density at radius 3 is 2.83 bits per heavy atom. The highest BCUT2D eigenvalue weighted by atomic mass is 15.2. The fraction of sp³-hybridized carbons (Fsp3) is 0.200. The van der Waals surface area contributed by atoms with Crippen LogP contribution in [0.15, 0.2) is 73.1 Å². The molecular weight excluding hydrogens is 356 g/mol. The predicted molar refractivity (Wildman–Crippen MR) is 115 cm³/mol. The van der Waals surface area contributed by atoms with Gasteiger partial charge in [-0.15, -0.1) is 0 Å². The number of para-hydroxylation sites is 2. The number of nitrogens with zero attached hydrogens (tertiary/aromatic N) is 4. The highest BCUT2D eigenvalue weighted by Crippen LogP contribution is 2.26. The summed E-state index contributed by atoms with van der Waals surface area (Å²) in [5.41, 5.74) is 7.97. The first-order valence-corrected chi connectivity index (χ1v) is 9.98. The molecule has 0 unspecified atom stereocenters. The monoisotopic (exact) mass is 378 g/mol. The van der Waals surface area contributed by atoms with E-state index in [1.54, 1.807) is 0 Å². The van der Waals surface area contributed by atoms with E-state index in [4.69, 9.17) is 5.26 Å². The molecule has 0 radical (unpaired) electrons. The van der Waals surface area contributed by atoms with Crippen LogP contribution in [0.4, 0.5) is 0 Å². The third kappa shape index (κ3) is 3.30. The molecule has 0 saturated heterocycles. The van der Waals surface area contributed by atoms with E-state index in [2.05, 4.69) is 69.9 Å². The van der Waals surface area contributed by atoms with E-state index in [-0.39, 0.29) is 0 Å². The quantitative estimate of drug-likeness (QED) is 0.512. The third-order valence-corrected chi connectivity index (χ3v) is 5.88. The molecule has 0 amide bonds. The van der Waals surface area contributed by atoms with E-state index in [0.717, 1.165) is 41.8 Å². The van der Waals surface area contributed by atoms with Gasteiger partial charge in [0.1, 0.15) is 6.33 Å². The van der Waals surface area contributed by atoms with Gasteiger partial charge in [0.2, 0.25) is 0 Å². The first kappa shape index (κ1) is 17.7. The Labute approximate surface area is 170 Å². The van der Waals surface area contributed by atoms with Crippen LogP contribution in [0.3, 0.4) is 0 Å². The van der Waals surface area contributed by atoms with Crippen molar-refractivity contribution in [3.63, 3.8) is 0 Å². The third-order valence-electron chi connectivity index (χ3n) is 5.88. The molecule has 29 heavy (non-hydrogen) atoms. The van der Waals surface area contributed by atoms with Crippen molar-refractivity contribution in [3.05, 3.63) is 95.3 Å². The summed E-state index contributed by atoms with van der Waals surface area (Å²) in [6, 6.07) is 25.7. The molecule has 1 aromatic heterocycles. The predicted octanol–water partition coefficient (Wildman–Crippen LogP) is 4.84. The number of aromatic nitrogens is 2. The zero-order chi connectivity index (χ0) is 19.8. The minimum Gasteiger partial charge on any atom is -0.299 e. The maximum Gasteiger partial charge on any atom is 0.100 e. The van der Waals surface area contributed by atoms with Crippen LogP contribution in [0.1, 0.15) is 29.2 Å². The standard InChI is InChI=1S/C25H22N4/c1-18-11-22-12-19(14-26)9-10-21(22)16-28(18)15-20-5-4-6-23(13-20)29-17-27-24-7-2-3-8-25(24)29/h2-10,12-13,17-18H,11,15-16H2,1H3/t18-/m0/s1. The van der Waals surface area contributed by atoms with E-state index >= 15 is 0 Å². The Morgan fingerprint density at radius 1 is 1.03 bits per heavy atom. The Kier molecular flexibility index (Phi) is 4.38. The van der Waals surface area contributed by atoms with Gasteiger partial charge in [0.15, 0.2) is 0 Å². The number of fused-ring (bicyclic) bond motifs is 2. The molecule has 1 aliphatic rings. The zero-order valence-corrected chi connectivity index (χ0v) is 16.4. The Balaban J connectivity index is 1.41. The molecule has 4 aromatic rings. The molecule has 0 bridgehead atoms. The lowest BCUT2D eigenvalue weighted by Gasteiger charge is -2.35. The summed E-state index contributed by atoms with van der Waals surface area (Å²) in [7, 11) is 0. The number of hydrogen-bond donors (Lipinski definition) is 0. The van der Waals surface area contributed by atoms with Crippen LogP contribution in [-0.4, -0.2) is 20.5 Å². The van der Waals surface area contributed by atoms with Crippen molar-refractivity contribution in [2.45, 2.75) is 32.5 Å². The van der Waals surface area contributed by atoms with Crippen LogP contribution in [0.2, 0.25) is 0 Å². The number of hydrogen-bond acceptors (Lipinski definition) is 3. The van der Waals surface area contributed by atoms with Crippen molar-refractivity contribution in [1.29, 1.82) is 5.26 Å². The lowest BCUT2D eigenvalue weighted by Crippen LogP contribution is -2.37. The van der Waals surface area contributed by atoms with Crippen molar-refractivity contribution in [2.24, 2.45) is 0 Å². The van der Waals surface area contributed by atoms with Crippen molar-refractivity contribution in [3.8, 4) is 11.8 Å². The average Bonchev–Trinajstić information content (AvgIpc) is 3.18. The molecule has 0 spiro atoms. The molecule has 142 valence electrons. The molecule has 3 aromatic carbocycles. The highest BCUT2D eigenvalue weighted by Gasteiger charge is 2.23. The van der Waals surface area contributed by atoms with Gasteiger partial charge in [0.05, 0.1) is 22.7 Å². The summed E-state index contributed by atoms with van der Waals surface area (Å²) < 4.78 is 2.15. The van der Waals surface area contributed by atoms with Gasteiger partial charge in [0, 0.05) is 24.8 Å². The number of nitriles is 1. The van der Waals surface area contributed by atoms with Gasteiger partial charge in [-0.05, 0) is 66.4 Å². The van der Waals surface area contributed by atoms with Crippen molar-refractivity contribution >= 4 is 11.0 Å². The van der Waals surface area contributed by atoms with Gasteiger partial charge < -0.3 is 0 Å². The minimum absolute atomic E-state index is 0.439. The van der Waals surface area contributed by atoms with Gasteiger partial charge in [-0.2, -0.15) is 5.26 Å². The summed E-state index contributed by atoms with van der Waals surface area (Å²) >= 11 is 0. The number of rotatable bonds is 3. The molecule has 0 N–H and O–H groups in total. The Hall–Kier alpha value is -3.42. The zero-order valence-electron chi connectivity index (χ0n) is 16.4.